The molecule has 2 aliphatic rings. The van der Waals surface area contributed by atoms with Crippen LogP contribution in [0.5, 0.6) is 0 Å². The molecule has 0 spiro atoms. The fourth-order valence-corrected chi connectivity index (χ4v) is 37.8. The van der Waals surface area contributed by atoms with Gasteiger partial charge in [-0.1, -0.05) is 0 Å². The molecule has 0 nitrogen and oxygen atoms in total. The van der Waals surface area contributed by atoms with Gasteiger partial charge in [-0.3, -0.25) is 0 Å². The van der Waals surface area contributed by atoms with Gasteiger partial charge < -0.3 is 0 Å². The summed E-state index contributed by atoms with van der Waals surface area (Å²) < 4.78 is 11.7. The van der Waals surface area contributed by atoms with E-state index in [0.29, 0.717) is 7.35 Å². The minimum atomic E-state index is -4.83. The molecule has 0 radical (unpaired) electrons. The van der Waals surface area contributed by atoms with Crippen LogP contribution in [-0.4, -0.2) is 6.94 Å². The van der Waals surface area contributed by atoms with Crippen LogP contribution in [0.4, 0.5) is 0 Å². The van der Waals surface area contributed by atoms with E-state index in [9.17, 15) is 0 Å². The molecule has 0 aliphatic heterocycles. The first-order valence-corrected chi connectivity index (χ1v) is 42.9. The number of benzene rings is 6. The Morgan fingerprint density at radius 2 is 0.795 bits per heavy atom. The Bertz CT molecular complexity index is 2210. The summed E-state index contributed by atoms with van der Waals surface area (Å²) in [6.45, 7) is 2.40. The van der Waals surface area contributed by atoms with Gasteiger partial charge in [0.2, 0.25) is 0 Å². The maximum absolute atomic E-state index is 4.83. The third-order valence-corrected chi connectivity index (χ3v) is 45.7. The quantitative estimate of drug-likeness (QED) is 0.157. The standard InChI is InChI=1S/2C19H13.4CH3.Hf.H2Si/c2*1-2-10-16-14(6-1)8-4-12-18(16)19-13-5-9-15-7-3-11-17(15)19;;;;;;/h2*1-13H;4*1H3;;1H2. The Balaban J connectivity index is 1.30. The van der Waals surface area contributed by atoms with Crippen LogP contribution in [0.2, 0.25) is 18.7 Å². The number of hydrogen-bond donors (Lipinski definition) is 0. The SMILES string of the molecule is [CH3][Hf]([CH3])([CH3])([CH3])(=[SiH2])([CH]1C=Cc2c(-c3cccc4ccccc34)cccc21)[CH]1C=Cc2c(-c3cccc4ccccc34)cccc21. The third-order valence-electron chi connectivity index (χ3n) is 11.3. The molecule has 0 heterocycles. The molecule has 0 amide bonds. The first-order valence-electron chi connectivity index (χ1n) is 16.0. The molecule has 44 heavy (non-hydrogen) atoms. The van der Waals surface area contributed by atoms with Gasteiger partial charge >= 0.3 is 259 Å². The van der Waals surface area contributed by atoms with E-state index in [1.807, 2.05) is 0 Å². The van der Waals surface area contributed by atoms with Gasteiger partial charge in [0.05, 0.1) is 0 Å². The van der Waals surface area contributed by atoms with E-state index in [4.69, 9.17) is 0 Å². The van der Waals surface area contributed by atoms with Gasteiger partial charge in [0, 0.05) is 0 Å². The van der Waals surface area contributed by atoms with Crippen LogP contribution in [0.3, 0.4) is 0 Å². The second kappa shape index (κ2) is 8.36. The Kier molecular flexibility index (Phi) is 5.30. The van der Waals surface area contributed by atoms with Crippen molar-refractivity contribution in [1.29, 1.82) is 0 Å². The topological polar surface area (TPSA) is 0 Å². The molecule has 6 aromatic rings. The van der Waals surface area contributed by atoms with Crippen molar-refractivity contribution in [2.45, 2.75) is 26.1 Å². The van der Waals surface area contributed by atoms with E-state index in [1.54, 1.807) is 0 Å². The molecular formula is C42H40HfSi. The number of fused-ring (bicyclic) bond motifs is 4. The van der Waals surface area contributed by atoms with Crippen LogP contribution in [0.25, 0.3) is 56.0 Å². The molecule has 0 fully saturated rings. The second-order valence-electron chi connectivity index (χ2n) is 17.6. The van der Waals surface area contributed by atoms with Gasteiger partial charge in [0.25, 0.3) is 0 Å². The van der Waals surface area contributed by atoms with E-state index in [1.165, 1.54) is 66.1 Å². The van der Waals surface area contributed by atoms with Crippen LogP contribution in [0.15, 0.2) is 133 Å². The normalized spacial score (nSPS) is 19.7. The molecule has 8 rings (SSSR count). The molecular weight excluding hydrogens is 711 g/mol. The Morgan fingerprint density at radius 1 is 0.432 bits per heavy atom. The van der Waals surface area contributed by atoms with Gasteiger partial charge in [0.1, 0.15) is 0 Å². The van der Waals surface area contributed by atoms with E-state index in [0.717, 1.165) is 0 Å². The fourth-order valence-electron chi connectivity index (χ4n) is 8.92. The predicted octanol–water partition coefficient (Wildman–Crippen LogP) is 11.7. The summed E-state index contributed by atoms with van der Waals surface area (Å²) in [7, 11) is 0. The van der Waals surface area contributed by atoms with Crippen molar-refractivity contribution in [1.82, 2.24) is 0 Å². The predicted molar refractivity (Wildman–Crippen MR) is 194 cm³/mol. The van der Waals surface area contributed by atoms with E-state index < -0.39 is 14.2 Å². The fraction of sp³-hybridized carbons (Fsp3) is 0.143. The van der Waals surface area contributed by atoms with Crippen LogP contribution in [0, 0.1) is 0 Å². The Morgan fingerprint density at radius 3 is 1.25 bits per heavy atom. The summed E-state index contributed by atoms with van der Waals surface area (Å²) in [6, 6.07) is 45.1. The first kappa shape index (κ1) is 27.9. The molecule has 2 heteroatoms. The summed E-state index contributed by atoms with van der Waals surface area (Å²) in [5, 5.41) is 5.23. The van der Waals surface area contributed by atoms with Crippen LogP contribution >= 0.6 is 0 Å². The van der Waals surface area contributed by atoms with E-state index in [-0.39, 0.29) is 0 Å². The molecule has 216 valence electrons. The van der Waals surface area contributed by atoms with Crippen molar-refractivity contribution in [3.05, 3.63) is 156 Å². The summed E-state index contributed by atoms with van der Waals surface area (Å²) in [4.78, 5) is 0. The molecule has 2 atom stereocenters. The van der Waals surface area contributed by atoms with Crippen molar-refractivity contribution < 1.29 is 14.2 Å². The molecule has 6 aromatic carbocycles. The van der Waals surface area contributed by atoms with Crippen molar-refractivity contribution in [2.75, 3.05) is 0 Å². The van der Waals surface area contributed by atoms with Gasteiger partial charge in [-0.15, -0.1) is 0 Å². The second-order valence-corrected chi connectivity index (χ2v) is 104. The maximum atomic E-state index is 2.73. The Labute approximate surface area is 257 Å². The molecule has 0 saturated carbocycles. The molecule has 0 saturated heterocycles. The zero-order valence-electron chi connectivity index (χ0n) is 26.2. The van der Waals surface area contributed by atoms with Crippen molar-refractivity contribution in [3.8, 4) is 22.3 Å². The average Bonchev–Trinajstić information content (AvgIpc) is 3.67. The van der Waals surface area contributed by atoms with E-state index >= 15 is 0 Å². The minimum absolute atomic E-state index is 0.379. The summed E-state index contributed by atoms with van der Waals surface area (Å²) in [5.74, 6) is 0. The molecule has 2 aliphatic carbocycles. The third kappa shape index (κ3) is 3.97. The first-order chi connectivity index (χ1) is 20.9. The summed E-state index contributed by atoms with van der Waals surface area (Å²) >= 11 is -4.83. The van der Waals surface area contributed by atoms with Crippen molar-refractivity contribution >= 4 is 40.6 Å². The molecule has 2 unspecified atom stereocenters. The molecule has 0 N–H and O–H groups in total. The molecule has 0 aromatic heterocycles. The van der Waals surface area contributed by atoms with Gasteiger partial charge in [-0.25, -0.2) is 0 Å². The monoisotopic (exact) mass is 752 g/mol. The van der Waals surface area contributed by atoms with Crippen molar-refractivity contribution in [2.24, 2.45) is 0 Å². The van der Waals surface area contributed by atoms with Crippen molar-refractivity contribution in [3.63, 3.8) is 0 Å². The van der Waals surface area contributed by atoms with Gasteiger partial charge in [-0.2, -0.15) is 0 Å². The Hall–Kier alpha value is -3.59. The number of allylic oxidation sites excluding steroid dienone is 2. The number of hydrogen-bond acceptors (Lipinski definition) is 0. The van der Waals surface area contributed by atoms with Gasteiger partial charge in [0.15, 0.2) is 0 Å². The van der Waals surface area contributed by atoms with Crippen LogP contribution < -0.4 is 0 Å². The van der Waals surface area contributed by atoms with E-state index in [2.05, 4.69) is 171 Å². The van der Waals surface area contributed by atoms with Gasteiger partial charge in [-0.05, 0) is 0 Å². The molecule has 0 bridgehead atoms. The zero-order valence-corrected chi connectivity index (χ0v) is 31.2. The van der Waals surface area contributed by atoms with Crippen LogP contribution in [-0.2, 0) is 14.2 Å². The summed E-state index contributed by atoms with van der Waals surface area (Å²) in [5.41, 5.74) is 11.1. The van der Waals surface area contributed by atoms with Crippen LogP contribution in [0.1, 0.15) is 29.6 Å². The summed E-state index contributed by atoms with van der Waals surface area (Å²) in [6.07, 6.45) is 10.1. The number of rotatable bonds is 4. The average molecular weight is 751 g/mol. The zero-order chi connectivity index (χ0) is 30.4.